The van der Waals surface area contributed by atoms with E-state index in [0.717, 1.165) is 31.5 Å². The van der Waals surface area contributed by atoms with Crippen LogP contribution in [0, 0.1) is 0 Å². The molecule has 2 amide bonds. The van der Waals surface area contributed by atoms with Gasteiger partial charge in [-0.1, -0.05) is 12.1 Å². The Bertz CT molecular complexity index is 482. The number of nitrogens with two attached hydrogens (primary N) is 1. The van der Waals surface area contributed by atoms with Crippen molar-refractivity contribution in [3.63, 3.8) is 0 Å². The Morgan fingerprint density at radius 3 is 2.65 bits per heavy atom. The largest absolute Gasteiger partial charge is 0.366 e. The van der Waals surface area contributed by atoms with Gasteiger partial charge in [-0.25, -0.2) is 0 Å². The van der Waals surface area contributed by atoms with Crippen LogP contribution in [0.5, 0.6) is 0 Å². The maximum Gasteiger partial charge on any atom is 0.248 e. The molecular weight excluding hydrogens is 254 g/mol. The lowest BCUT2D eigenvalue weighted by Gasteiger charge is -2.26. The smallest absolute Gasteiger partial charge is 0.248 e. The number of benzene rings is 1. The molecule has 1 aliphatic heterocycles. The Hall–Kier alpha value is -1.88. The molecule has 0 spiro atoms. The molecule has 0 aliphatic carbocycles. The summed E-state index contributed by atoms with van der Waals surface area (Å²) >= 11 is 0. The molecule has 5 nitrogen and oxygen atoms in total. The molecular formula is C15H21N3O2. The van der Waals surface area contributed by atoms with Crippen LogP contribution in [0.15, 0.2) is 24.3 Å². The van der Waals surface area contributed by atoms with Crippen molar-refractivity contribution in [2.24, 2.45) is 5.73 Å². The molecule has 2 rings (SSSR count). The van der Waals surface area contributed by atoms with E-state index in [0.29, 0.717) is 18.7 Å². The first-order valence-corrected chi connectivity index (χ1v) is 7.04. The van der Waals surface area contributed by atoms with Gasteiger partial charge in [0.05, 0.1) is 6.54 Å². The molecule has 1 saturated heterocycles. The summed E-state index contributed by atoms with van der Waals surface area (Å²) in [7, 11) is 0. The van der Waals surface area contributed by atoms with Crippen LogP contribution >= 0.6 is 0 Å². The fourth-order valence-corrected chi connectivity index (χ4v) is 2.40. The number of likely N-dealkylation sites (tertiary alicyclic amines) is 1. The summed E-state index contributed by atoms with van der Waals surface area (Å²) in [6, 6.07) is 7.14. The van der Waals surface area contributed by atoms with Gasteiger partial charge < -0.3 is 16.0 Å². The predicted octanol–water partition coefficient (Wildman–Crippen LogP) is 0.888. The number of carbonyl (C=O) groups excluding carboxylic acids is 2. The van der Waals surface area contributed by atoms with E-state index in [9.17, 15) is 9.59 Å². The Balaban J connectivity index is 1.79. The Morgan fingerprint density at radius 1 is 1.20 bits per heavy atom. The van der Waals surface area contributed by atoms with E-state index >= 15 is 0 Å². The number of rotatable bonds is 5. The van der Waals surface area contributed by atoms with Crippen LogP contribution < -0.4 is 11.1 Å². The minimum Gasteiger partial charge on any atom is -0.366 e. The van der Waals surface area contributed by atoms with E-state index in [-0.39, 0.29) is 5.91 Å². The van der Waals surface area contributed by atoms with Crippen LogP contribution in [-0.2, 0) is 11.3 Å². The van der Waals surface area contributed by atoms with E-state index < -0.39 is 5.91 Å². The van der Waals surface area contributed by atoms with Crippen molar-refractivity contribution >= 4 is 11.8 Å². The van der Waals surface area contributed by atoms with Crippen molar-refractivity contribution in [3.8, 4) is 0 Å². The lowest BCUT2D eigenvalue weighted by atomic mass is 10.1. The first kappa shape index (κ1) is 14.5. The summed E-state index contributed by atoms with van der Waals surface area (Å²) in [5.41, 5.74) is 6.68. The van der Waals surface area contributed by atoms with Crippen LogP contribution in [0.1, 0.15) is 35.2 Å². The van der Waals surface area contributed by atoms with E-state index in [4.69, 9.17) is 5.73 Å². The van der Waals surface area contributed by atoms with Crippen molar-refractivity contribution in [1.29, 1.82) is 0 Å². The van der Waals surface area contributed by atoms with Crippen LogP contribution in [0.2, 0.25) is 0 Å². The fourth-order valence-electron chi connectivity index (χ4n) is 2.40. The highest BCUT2D eigenvalue weighted by molar-refractivity contribution is 5.92. The van der Waals surface area contributed by atoms with E-state index in [1.807, 2.05) is 11.0 Å². The monoisotopic (exact) mass is 275 g/mol. The van der Waals surface area contributed by atoms with Gasteiger partial charge in [0.15, 0.2) is 0 Å². The summed E-state index contributed by atoms with van der Waals surface area (Å²) in [6.45, 7) is 2.64. The van der Waals surface area contributed by atoms with E-state index in [2.05, 4.69) is 5.32 Å². The summed E-state index contributed by atoms with van der Waals surface area (Å²) in [5, 5.41) is 3.12. The zero-order valence-corrected chi connectivity index (χ0v) is 11.6. The highest BCUT2D eigenvalue weighted by Crippen LogP contribution is 2.08. The average Bonchev–Trinajstić information content (AvgIpc) is 2.48. The van der Waals surface area contributed by atoms with Gasteiger partial charge in [-0.15, -0.1) is 0 Å². The highest BCUT2D eigenvalue weighted by atomic mass is 16.2. The van der Waals surface area contributed by atoms with Gasteiger partial charge in [0.25, 0.3) is 0 Å². The molecule has 0 bridgehead atoms. The van der Waals surface area contributed by atoms with Gasteiger partial charge in [0.1, 0.15) is 0 Å². The molecule has 1 aromatic rings. The van der Waals surface area contributed by atoms with Crippen molar-refractivity contribution in [2.45, 2.75) is 25.8 Å². The van der Waals surface area contributed by atoms with Crippen molar-refractivity contribution in [3.05, 3.63) is 35.4 Å². The van der Waals surface area contributed by atoms with Crippen LogP contribution in [0.4, 0.5) is 0 Å². The Morgan fingerprint density at radius 2 is 1.95 bits per heavy atom. The number of piperidine rings is 1. The predicted molar refractivity (Wildman–Crippen MR) is 77.1 cm³/mol. The molecule has 0 radical (unpaired) electrons. The normalized spacial score (nSPS) is 15.1. The van der Waals surface area contributed by atoms with Crippen LogP contribution in [0.3, 0.4) is 0 Å². The second kappa shape index (κ2) is 7.05. The average molecular weight is 275 g/mol. The second-order valence-corrected chi connectivity index (χ2v) is 5.11. The summed E-state index contributed by atoms with van der Waals surface area (Å²) in [5.74, 6) is -0.285. The number of amides is 2. The summed E-state index contributed by atoms with van der Waals surface area (Å²) < 4.78 is 0. The van der Waals surface area contributed by atoms with E-state index in [1.165, 1.54) is 6.42 Å². The van der Waals surface area contributed by atoms with Crippen molar-refractivity contribution in [2.75, 3.05) is 19.6 Å². The number of nitrogens with one attached hydrogen (secondary N) is 1. The molecule has 1 aromatic carbocycles. The molecule has 20 heavy (non-hydrogen) atoms. The topological polar surface area (TPSA) is 75.4 Å². The molecule has 108 valence electrons. The Kier molecular flexibility index (Phi) is 5.12. The first-order valence-electron chi connectivity index (χ1n) is 7.04. The maximum atomic E-state index is 12.0. The molecule has 1 aliphatic rings. The lowest BCUT2D eigenvalue weighted by Crippen LogP contribution is -2.40. The lowest BCUT2D eigenvalue weighted by molar-refractivity contribution is -0.131. The number of carbonyl (C=O) groups is 2. The molecule has 3 N–H and O–H groups in total. The number of hydrogen-bond acceptors (Lipinski definition) is 3. The molecule has 0 aromatic heterocycles. The summed E-state index contributed by atoms with van der Waals surface area (Å²) in [4.78, 5) is 24.9. The van der Waals surface area contributed by atoms with Gasteiger partial charge in [0.2, 0.25) is 11.8 Å². The maximum absolute atomic E-state index is 12.0. The zero-order chi connectivity index (χ0) is 14.4. The fraction of sp³-hybridized carbons (Fsp3) is 0.467. The first-order chi connectivity index (χ1) is 9.66. The second-order valence-electron chi connectivity index (χ2n) is 5.11. The van der Waals surface area contributed by atoms with E-state index in [1.54, 1.807) is 18.2 Å². The quantitative estimate of drug-likeness (QED) is 0.838. The number of primary amides is 1. The van der Waals surface area contributed by atoms with Gasteiger partial charge in [0, 0.05) is 25.2 Å². The minimum atomic E-state index is -0.434. The summed E-state index contributed by atoms with van der Waals surface area (Å²) in [6.07, 6.45) is 3.43. The van der Waals surface area contributed by atoms with Gasteiger partial charge >= 0.3 is 0 Å². The van der Waals surface area contributed by atoms with Gasteiger partial charge in [-0.3, -0.25) is 9.59 Å². The SMILES string of the molecule is NC(=O)c1cccc(CNCC(=O)N2CCCCC2)c1. The van der Waals surface area contributed by atoms with Gasteiger partial charge in [-0.05, 0) is 37.0 Å². The third-order valence-electron chi connectivity index (χ3n) is 3.53. The Labute approximate surface area is 119 Å². The molecule has 1 fully saturated rings. The third kappa shape index (κ3) is 4.06. The third-order valence-corrected chi connectivity index (χ3v) is 3.53. The molecule has 1 heterocycles. The minimum absolute atomic E-state index is 0.149. The number of nitrogens with zero attached hydrogens (tertiary/aromatic N) is 1. The molecule has 0 atom stereocenters. The van der Waals surface area contributed by atoms with Crippen LogP contribution in [-0.4, -0.2) is 36.3 Å². The number of hydrogen-bond donors (Lipinski definition) is 2. The molecule has 0 unspecified atom stereocenters. The highest BCUT2D eigenvalue weighted by Gasteiger charge is 2.15. The van der Waals surface area contributed by atoms with Gasteiger partial charge in [-0.2, -0.15) is 0 Å². The van der Waals surface area contributed by atoms with Crippen molar-refractivity contribution < 1.29 is 9.59 Å². The van der Waals surface area contributed by atoms with Crippen molar-refractivity contribution in [1.82, 2.24) is 10.2 Å². The molecule has 5 heteroatoms. The zero-order valence-electron chi connectivity index (χ0n) is 11.6. The van der Waals surface area contributed by atoms with Crippen LogP contribution in [0.25, 0.3) is 0 Å². The standard InChI is InChI=1S/C15H21N3O2/c16-15(20)13-6-4-5-12(9-13)10-17-11-14(19)18-7-2-1-3-8-18/h4-6,9,17H,1-3,7-8,10-11H2,(H2,16,20). The molecule has 0 saturated carbocycles.